The highest BCUT2D eigenvalue weighted by Crippen LogP contribution is 2.23. The smallest absolute Gasteiger partial charge is 0.242 e. The van der Waals surface area contributed by atoms with Gasteiger partial charge in [0.25, 0.3) is 0 Å². The summed E-state index contributed by atoms with van der Waals surface area (Å²) in [6, 6.07) is 14.6. The van der Waals surface area contributed by atoms with Crippen LogP contribution in [-0.2, 0) is 26.2 Å². The molecule has 0 aliphatic carbocycles. The molecule has 0 aliphatic rings. The first kappa shape index (κ1) is 29.4. The maximum atomic E-state index is 13.5. The molecule has 0 aromatic heterocycles. The minimum Gasteiger partial charge on any atom is -0.354 e. The number of hydrogen-bond donors (Lipinski definition) is 1. The van der Waals surface area contributed by atoms with E-state index in [1.54, 1.807) is 17.0 Å². The molecule has 0 aliphatic heterocycles. The standard InChI is InChI=1S/C28H41N3O4S/c1-6-8-19-29-28(33)25(7-2)30(21-24-16-11-9-14-22(24)3)27(32)18-13-20-31(36(5,34)35)26-17-12-10-15-23(26)4/h9-12,14-17,25H,6-8,13,18-21H2,1-5H3,(H,29,33)/t25-/m1/s1. The van der Waals surface area contributed by atoms with E-state index in [4.69, 9.17) is 0 Å². The average Bonchev–Trinajstić information content (AvgIpc) is 2.83. The number of carbonyl (C=O) groups excluding carboxylic acids is 2. The molecule has 0 spiro atoms. The lowest BCUT2D eigenvalue weighted by Gasteiger charge is -2.31. The lowest BCUT2D eigenvalue weighted by molar-refractivity contribution is -0.141. The molecule has 7 nitrogen and oxygen atoms in total. The third-order valence-corrected chi connectivity index (χ3v) is 7.53. The molecule has 0 heterocycles. The van der Waals surface area contributed by atoms with Gasteiger partial charge in [-0.3, -0.25) is 13.9 Å². The van der Waals surface area contributed by atoms with Crippen LogP contribution in [0.2, 0.25) is 0 Å². The summed E-state index contributed by atoms with van der Waals surface area (Å²) in [5.41, 5.74) is 3.51. The number of unbranched alkanes of at least 4 members (excludes halogenated alkanes) is 1. The van der Waals surface area contributed by atoms with Crippen LogP contribution in [-0.4, -0.2) is 50.5 Å². The summed E-state index contributed by atoms with van der Waals surface area (Å²) < 4.78 is 26.4. The van der Waals surface area contributed by atoms with E-state index in [-0.39, 0.29) is 24.8 Å². The minimum atomic E-state index is -3.52. The largest absolute Gasteiger partial charge is 0.354 e. The van der Waals surface area contributed by atoms with Crippen molar-refractivity contribution in [3.8, 4) is 0 Å². The van der Waals surface area contributed by atoms with Crippen molar-refractivity contribution in [1.29, 1.82) is 0 Å². The van der Waals surface area contributed by atoms with Crippen molar-refractivity contribution in [1.82, 2.24) is 10.2 Å². The topological polar surface area (TPSA) is 86.8 Å². The fraction of sp³-hybridized carbons (Fsp3) is 0.500. The highest BCUT2D eigenvalue weighted by Gasteiger charge is 2.29. The Kier molecular flexibility index (Phi) is 11.4. The van der Waals surface area contributed by atoms with Gasteiger partial charge in [0, 0.05) is 26.1 Å². The third kappa shape index (κ3) is 8.36. The number of sulfonamides is 1. The van der Waals surface area contributed by atoms with Crippen LogP contribution in [0.25, 0.3) is 0 Å². The zero-order valence-corrected chi connectivity index (χ0v) is 23.1. The fourth-order valence-corrected chi connectivity index (χ4v) is 5.25. The molecule has 0 bridgehead atoms. The van der Waals surface area contributed by atoms with Crippen molar-refractivity contribution >= 4 is 27.5 Å². The Morgan fingerprint density at radius 1 is 0.944 bits per heavy atom. The summed E-state index contributed by atoms with van der Waals surface area (Å²) in [6.07, 6.45) is 4.02. The molecular weight excluding hydrogens is 474 g/mol. The first-order valence-electron chi connectivity index (χ1n) is 12.7. The predicted molar refractivity (Wildman–Crippen MR) is 146 cm³/mol. The Labute approximate surface area is 216 Å². The van der Waals surface area contributed by atoms with E-state index in [1.165, 1.54) is 10.6 Å². The molecule has 2 amide bonds. The van der Waals surface area contributed by atoms with Gasteiger partial charge in [-0.05, 0) is 55.9 Å². The maximum Gasteiger partial charge on any atom is 0.242 e. The molecule has 0 fully saturated rings. The van der Waals surface area contributed by atoms with E-state index >= 15 is 0 Å². The number of amides is 2. The zero-order chi connectivity index (χ0) is 26.7. The van der Waals surface area contributed by atoms with Gasteiger partial charge in [-0.15, -0.1) is 0 Å². The molecule has 198 valence electrons. The fourth-order valence-electron chi connectivity index (χ4n) is 4.22. The van der Waals surface area contributed by atoms with Crippen LogP contribution < -0.4 is 9.62 Å². The lowest BCUT2D eigenvalue weighted by atomic mass is 10.0. The molecule has 0 saturated heterocycles. The lowest BCUT2D eigenvalue weighted by Crippen LogP contribution is -2.49. The number of benzene rings is 2. The van der Waals surface area contributed by atoms with E-state index in [9.17, 15) is 18.0 Å². The highest BCUT2D eigenvalue weighted by atomic mass is 32.2. The van der Waals surface area contributed by atoms with Gasteiger partial charge in [0.15, 0.2) is 0 Å². The Hall–Kier alpha value is -2.87. The van der Waals surface area contributed by atoms with Crippen molar-refractivity contribution in [2.45, 2.75) is 72.4 Å². The van der Waals surface area contributed by atoms with Crippen LogP contribution in [0.4, 0.5) is 5.69 Å². The summed E-state index contributed by atoms with van der Waals surface area (Å²) in [5, 5.41) is 2.97. The van der Waals surface area contributed by atoms with Gasteiger partial charge >= 0.3 is 0 Å². The molecule has 36 heavy (non-hydrogen) atoms. The van der Waals surface area contributed by atoms with Gasteiger partial charge in [0.2, 0.25) is 21.8 Å². The van der Waals surface area contributed by atoms with Gasteiger partial charge in [0.1, 0.15) is 6.04 Å². The van der Waals surface area contributed by atoms with E-state index in [2.05, 4.69) is 12.2 Å². The second-order valence-electron chi connectivity index (χ2n) is 9.24. The van der Waals surface area contributed by atoms with E-state index in [1.807, 2.05) is 57.2 Å². The SMILES string of the molecule is CCCCNC(=O)[C@@H](CC)N(Cc1ccccc1C)C(=O)CCCN(c1ccccc1C)S(C)(=O)=O. The Morgan fingerprint density at radius 2 is 1.58 bits per heavy atom. The normalized spacial score (nSPS) is 12.1. The second-order valence-corrected chi connectivity index (χ2v) is 11.1. The summed E-state index contributed by atoms with van der Waals surface area (Å²) >= 11 is 0. The van der Waals surface area contributed by atoms with Crippen LogP contribution in [0, 0.1) is 13.8 Å². The molecule has 2 aromatic rings. The molecule has 2 rings (SSSR count). The second kappa shape index (κ2) is 14.0. The van der Waals surface area contributed by atoms with Crippen molar-refractivity contribution in [3.05, 3.63) is 65.2 Å². The monoisotopic (exact) mass is 515 g/mol. The van der Waals surface area contributed by atoms with Gasteiger partial charge in [-0.1, -0.05) is 62.7 Å². The quantitative estimate of drug-likeness (QED) is 0.373. The highest BCUT2D eigenvalue weighted by molar-refractivity contribution is 7.92. The molecule has 1 atom stereocenters. The van der Waals surface area contributed by atoms with Crippen molar-refractivity contribution in [3.63, 3.8) is 0 Å². The molecule has 2 aromatic carbocycles. The zero-order valence-electron chi connectivity index (χ0n) is 22.3. The average molecular weight is 516 g/mol. The van der Waals surface area contributed by atoms with Crippen molar-refractivity contribution < 1.29 is 18.0 Å². The summed E-state index contributed by atoms with van der Waals surface area (Å²) in [7, 11) is -3.52. The van der Waals surface area contributed by atoms with Gasteiger partial charge in [-0.2, -0.15) is 0 Å². The number of carbonyl (C=O) groups is 2. The van der Waals surface area contributed by atoms with E-state index < -0.39 is 16.1 Å². The Morgan fingerprint density at radius 3 is 2.17 bits per heavy atom. The number of aryl methyl sites for hydroxylation is 2. The number of anilines is 1. The van der Waals surface area contributed by atoms with Gasteiger partial charge in [-0.25, -0.2) is 8.42 Å². The van der Waals surface area contributed by atoms with Crippen LogP contribution in [0.3, 0.4) is 0 Å². The van der Waals surface area contributed by atoms with Crippen molar-refractivity contribution in [2.75, 3.05) is 23.7 Å². The molecule has 0 unspecified atom stereocenters. The minimum absolute atomic E-state index is 0.141. The van der Waals surface area contributed by atoms with E-state index in [0.29, 0.717) is 31.6 Å². The molecule has 8 heteroatoms. The summed E-state index contributed by atoms with van der Waals surface area (Å²) in [5.74, 6) is -0.306. The number of nitrogens with one attached hydrogen (secondary N) is 1. The Bertz CT molecular complexity index is 1120. The Balaban J connectivity index is 2.22. The summed E-state index contributed by atoms with van der Waals surface area (Å²) in [6.45, 7) is 8.93. The number of nitrogens with zero attached hydrogens (tertiary/aromatic N) is 2. The van der Waals surface area contributed by atoms with Crippen LogP contribution in [0.1, 0.15) is 62.6 Å². The van der Waals surface area contributed by atoms with Gasteiger partial charge < -0.3 is 10.2 Å². The molecule has 0 radical (unpaired) electrons. The number of para-hydroxylation sites is 1. The third-order valence-electron chi connectivity index (χ3n) is 6.35. The number of hydrogen-bond acceptors (Lipinski definition) is 4. The van der Waals surface area contributed by atoms with Crippen LogP contribution >= 0.6 is 0 Å². The first-order valence-corrected chi connectivity index (χ1v) is 14.6. The van der Waals surface area contributed by atoms with Crippen LogP contribution in [0.5, 0.6) is 0 Å². The predicted octanol–water partition coefficient (Wildman–Crippen LogP) is 4.57. The molecule has 0 saturated carbocycles. The van der Waals surface area contributed by atoms with Crippen LogP contribution in [0.15, 0.2) is 48.5 Å². The number of rotatable bonds is 14. The first-order chi connectivity index (χ1) is 17.1. The maximum absolute atomic E-state index is 13.5. The molecule has 1 N–H and O–H groups in total. The van der Waals surface area contributed by atoms with E-state index in [0.717, 1.165) is 29.5 Å². The molecular formula is C28H41N3O4S. The van der Waals surface area contributed by atoms with Crippen molar-refractivity contribution in [2.24, 2.45) is 0 Å². The van der Waals surface area contributed by atoms with Gasteiger partial charge in [0.05, 0.1) is 11.9 Å². The summed E-state index contributed by atoms with van der Waals surface area (Å²) in [4.78, 5) is 28.2.